The van der Waals surface area contributed by atoms with Crippen LogP contribution in [0.15, 0.2) is 86.6 Å². The fourth-order valence-corrected chi connectivity index (χ4v) is 5.80. The molecule has 0 atom stereocenters. The first-order valence-corrected chi connectivity index (χ1v) is 11.5. The van der Waals surface area contributed by atoms with E-state index < -0.39 is 5.82 Å². The number of rotatable bonds is 3. The van der Waals surface area contributed by atoms with E-state index in [-0.39, 0.29) is 11.7 Å². The van der Waals surface area contributed by atoms with E-state index >= 15 is 0 Å². The van der Waals surface area contributed by atoms with Crippen LogP contribution in [-0.2, 0) is 4.79 Å². The quantitative estimate of drug-likeness (QED) is 0.420. The standard InChI is InChI=1S/C24H17F2N3O2S2/c1-28-19-13-18(31-2)11-12-20(19)32-23(28)21-22(30)29(17-9-5-15(26)6-10-17)24(33-21)27-16-7-3-14(25)4-8-16/h3-13H,1-2H3/b23-21-,27-24?. The predicted molar refractivity (Wildman–Crippen MR) is 129 cm³/mol. The molecule has 0 radical (unpaired) electrons. The zero-order valence-electron chi connectivity index (χ0n) is 17.6. The van der Waals surface area contributed by atoms with Gasteiger partial charge in [0.05, 0.1) is 29.2 Å². The Labute approximate surface area is 197 Å². The van der Waals surface area contributed by atoms with Crippen LogP contribution in [0.25, 0.3) is 0 Å². The zero-order chi connectivity index (χ0) is 23.1. The Morgan fingerprint density at radius 1 is 0.909 bits per heavy atom. The van der Waals surface area contributed by atoms with E-state index in [1.165, 1.54) is 64.8 Å². The van der Waals surface area contributed by atoms with Gasteiger partial charge < -0.3 is 9.64 Å². The van der Waals surface area contributed by atoms with Crippen LogP contribution in [0.3, 0.4) is 0 Å². The maximum atomic E-state index is 13.6. The molecule has 1 amide bonds. The number of hydrogen-bond donors (Lipinski definition) is 0. The van der Waals surface area contributed by atoms with Gasteiger partial charge in [-0.05, 0) is 72.4 Å². The molecule has 5 nitrogen and oxygen atoms in total. The minimum absolute atomic E-state index is 0.262. The second kappa shape index (κ2) is 8.57. The van der Waals surface area contributed by atoms with E-state index in [1.807, 2.05) is 30.1 Å². The molecule has 0 bridgehead atoms. The third kappa shape index (κ3) is 3.98. The van der Waals surface area contributed by atoms with E-state index in [4.69, 9.17) is 4.74 Å². The second-order valence-electron chi connectivity index (χ2n) is 7.22. The lowest BCUT2D eigenvalue weighted by Gasteiger charge is -2.17. The molecular formula is C24H17F2N3O2S2. The number of ether oxygens (including phenoxy) is 1. The summed E-state index contributed by atoms with van der Waals surface area (Å²) in [4.78, 5) is 23.1. The van der Waals surface area contributed by atoms with Crippen molar-refractivity contribution in [2.45, 2.75) is 4.90 Å². The normalized spacial score (nSPS) is 18.9. The summed E-state index contributed by atoms with van der Waals surface area (Å²) in [6.45, 7) is 0. The molecule has 1 fully saturated rings. The largest absolute Gasteiger partial charge is 0.497 e. The summed E-state index contributed by atoms with van der Waals surface area (Å²) >= 11 is 2.72. The first-order chi connectivity index (χ1) is 15.9. The van der Waals surface area contributed by atoms with Gasteiger partial charge in [0.1, 0.15) is 22.3 Å². The molecule has 5 rings (SSSR count). The molecule has 3 aromatic carbocycles. The van der Waals surface area contributed by atoms with Gasteiger partial charge in [-0.15, -0.1) is 0 Å². The molecule has 166 valence electrons. The van der Waals surface area contributed by atoms with Crippen LogP contribution in [0.4, 0.5) is 25.8 Å². The molecule has 2 aliphatic heterocycles. The Hall–Kier alpha value is -3.30. The highest BCUT2D eigenvalue weighted by Gasteiger charge is 2.40. The maximum Gasteiger partial charge on any atom is 0.274 e. The van der Waals surface area contributed by atoms with Gasteiger partial charge in [-0.3, -0.25) is 9.69 Å². The third-order valence-electron chi connectivity index (χ3n) is 5.15. The molecule has 2 heterocycles. The fraction of sp³-hybridized carbons (Fsp3) is 0.0833. The zero-order valence-corrected chi connectivity index (χ0v) is 19.2. The van der Waals surface area contributed by atoms with Crippen molar-refractivity contribution >= 4 is 51.7 Å². The number of hydrogen-bond acceptors (Lipinski definition) is 6. The lowest BCUT2D eigenvalue weighted by molar-refractivity contribution is -0.113. The van der Waals surface area contributed by atoms with Crippen LogP contribution in [-0.4, -0.2) is 25.2 Å². The number of methoxy groups -OCH3 is 1. The lowest BCUT2D eigenvalue weighted by atomic mass is 10.2. The number of halogens is 2. The van der Waals surface area contributed by atoms with Gasteiger partial charge in [-0.1, -0.05) is 11.8 Å². The molecular weight excluding hydrogens is 464 g/mol. The topological polar surface area (TPSA) is 45.1 Å². The fourth-order valence-electron chi connectivity index (χ4n) is 3.47. The van der Waals surface area contributed by atoms with Crippen molar-refractivity contribution < 1.29 is 18.3 Å². The van der Waals surface area contributed by atoms with Gasteiger partial charge in [0.15, 0.2) is 5.17 Å². The minimum Gasteiger partial charge on any atom is -0.497 e. The molecule has 9 heteroatoms. The van der Waals surface area contributed by atoms with Crippen LogP contribution in [0.2, 0.25) is 0 Å². The first-order valence-electron chi connectivity index (χ1n) is 9.90. The molecule has 0 spiro atoms. The van der Waals surface area contributed by atoms with Crippen molar-refractivity contribution in [2.24, 2.45) is 4.99 Å². The number of fused-ring (bicyclic) bond motifs is 1. The van der Waals surface area contributed by atoms with E-state index in [0.29, 0.717) is 21.4 Å². The number of nitrogens with zero attached hydrogens (tertiary/aromatic N) is 3. The molecule has 0 N–H and O–H groups in total. The average Bonchev–Trinajstić information content (AvgIpc) is 3.31. The monoisotopic (exact) mass is 481 g/mol. The Morgan fingerprint density at radius 3 is 2.24 bits per heavy atom. The second-order valence-corrected chi connectivity index (χ2v) is 9.23. The summed E-state index contributed by atoms with van der Waals surface area (Å²) in [5.74, 6) is -0.306. The Kier molecular flexibility index (Phi) is 5.59. The molecule has 0 unspecified atom stereocenters. The van der Waals surface area contributed by atoms with Crippen molar-refractivity contribution in [3.63, 3.8) is 0 Å². The van der Waals surface area contributed by atoms with Crippen LogP contribution in [0.5, 0.6) is 5.75 Å². The van der Waals surface area contributed by atoms with Gasteiger partial charge in [0.25, 0.3) is 5.91 Å². The lowest BCUT2D eigenvalue weighted by Crippen LogP contribution is -2.29. The highest BCUT2D eigenvalue weighted by atomic mass is 32.2. The van der Waals surface area contributed by atoms with Crippen molar-refractivity contribution in [1.29, 1.82) is 0 Å². The summed E-state index contributed by atoms with van der Waals surface area (Å²) in [5.41, 5.74) is 1.94. The molecule has 0 aliphatic carbocycles. The van der Waals surface area contributed by atoms with Gasteiger partial charge >= 0.3 is 0 Å². The summed E-state index contributed by atoms with van der Waals surface area (Å²) in [6, 6.07) is 17.1. The summed E-state index contributed by atoms with van der Waals surface area (Å²) in [6.07, 6.45) is 0. The molecule has 0 saturated carbocycles. The smallest absolute Gasteiger partial charge is 0.274 e. The Balaban J connectivity index is 1.59. The Morgan fingerprint density at radius 2 is 1.58 bits per heavy atom. The van der Waals surface area contributed by atoms with Crippen LogP contribution < -0.4 is 14.5 Å². The number of carbonyl (C=O) groups excluding carboxylic acids is 1. The highest BCUT2D eigenvalue weighted by molar-refractivity contribution is 8.20. The number of benzene rings is 3. The van der Waals surface area contributed by atoms with Gasteiger partial charge in [-0.25, -0.2) is 13.8 Å². The summed E-state index contributed by atoms with van der Waals surface area (Å²) in [5, 5.41) is 1.17. The molecule has 0 aromatic heterocycles. The van der Waals surface area contributed by atoms with Crippen molar-refractivity contribution in [3.05, 3.63) is 88.3 Å². The maximum absolute atomic E-state index is 13.6. The number of amidine groups is 1. The predicted octanol–water partition coefficient (Wildman–Crippen LogP) is 6.15. The summed E-state index contributed by atoms with van der Waals surface area (Å²) in [7, 11) is 3.50. The first kappa shape index (κ1) is 21.5. The van der Waals surface area contributed by atoms with E-state index in [2.05, 4.69) is 4.99 Å². The molecule has 33 heavy (non-hydrogen) atoms. The number of aliphatic imine (C=N–C) groups is 1. The number of anilines is 2. The van der Waals surface area contributed by atoms with E-state index in [9.17, 15) is 13.6 Å². The minimum atomic E-state index is -0.399. The van der Waals surface area contributed by atoms with E-state index in [1.54, 1.807) is 19.2 Å². The van der Waals surface area contributed by atoms with Gasteiger partial charge in [0.2, 0.25) is 0 Å². The Bertz CT molecular complexity index is 1310. The van der Waals surface area contributed by atoms with Crippen LogP contribution in [0, 0.1) is 11.6 Å². The summed E-state index contributed by atoms with van der Waals surface area (Å²) < 4.78 is 32.2. The number of thioether (sulfide) groups is 2. The molecule has 3 aromatic rings. The van der Waals surface area contributed by atoms with Crippen molar-refractivity contribution in [3.8, 4) is 5.75 Å². The molecule has 1 saturated heterocycles. The van der Waals surface area contributed by atoms with Crippen molar-refractivity contribution in [1.82, 2.24) is 0 Å². The van der Waals surface area contributed by atoms with E-state index in [0.717, 1.165) is 21.4 Å². The van der Waals surface area contributed by atoms with Crippen LogP contribution >= 0.6 is 23.5 Å². The average molecular weight is 482 g/mol. The SMILES string of the molecule is COc1ccc2c(c1)N(C)/C(=C1/SC(=Nc3ccc(F)cc3)N(c3ccc(F)cc3)C1=O)S2. The van der Waals surface area contributed by atoms with Gasteiger partial charge in [-0.2, -0.15) is 0 Å². The molecule has 2 aliphatic rings. The highest BCUT2D eigenvalue weighted by Crippen LogP contribution is 2.51. The third-order valence-corrected chi connectivity index (χ3v) is 7.55. The number of amides is 1. The number of carbonyl (C=O) groups is 1. The van der Waals surface area contributed by atoms with Crippen molar-refractivity contribution in [2.75, 3.05) is 24.0 Å². The van der Waals surface area contributed by atoms with Crippen LogP contribution in [0.1, 0.15) is 0 Å². The van der Waals surface area contributed by atoms with Gasteiger partial charge in [0, 0.05) is 18.0 Å².